The van der Waals surface area contributed by atoms with E-state index in [0.717, 1.165) is 41.3 Å². The third-order valence-corrected chi connectivity index (χ3v) is 5.74. The van der Waals surface area contributed by atoms with E-state index in [0.29, 0.717) is 16.7 Å². The summed E-state index contributed by atoms with van der Waals surface area (Å²) in [6.07, 6.45) is 3.52. The molecule has 2 N–H and O–H groups in total. The Labute approximate surface area is 185 Å². The average molecular weight is 458 g/mol. The minimum absolute atomic E-state index is 0.118. The lowest BCUT2D eigenvalue weighted by Crippen LogP contribution is -2.14. The van der Waals surface area contributed by atoms with Crippen molar-refractivity contribution in [2.75, 3.05) is 17.2 Å². The second-order valence-electron chi connectivity index (χ2n) is 6.36. The number of nitrogens with one attached hydrogen (secondary N) is 2. The summed E-state index contributed by atoms with van der Waals surface area (Å²) in [5.41, 5.74) is 9.15. The highest BCUT2D eigenvalue weighted by Gasteiger charge is 2.10. The fourth-order valence-electron chi connectivity index (χ4n) is 2.56. The van der Waals surface area contributed by atoms with Gasteiger partial charge in [0.25, 0.3) is 0 Å². The largest absolute Gasteiger partial charge is 0.300 e. The van der Waals surface area contributed by atoms with Crippen molar-refractivity contribution in [2.45, 2.75) is 32.1 Å². The summed E-state index contributed by atoms with van der Waals surface area (Å²) < 4.78 is 0. The maximum atomic E-state index is 12.1. The van der Waals surface area contributed by atoms with Crippen LogP contribution < -0.4 is 10.6 Å². The zero-order valence-corrected chi connectivity index (χ0v) is 18.0. The minimum atomic E-state index is -0.427. The van der Waals surface area contributed by atoms with Crippen LogP contribution in [0.3, 0.4) is 0 Å². The highest BCUT2D eigenvalue weighted by atomic mass is 32.1. The summed E-state index contributed by atoms with van der Waals surface area (Å²) in [6, 6.07) is 9.52. The molecule has 0 fully saturated rings. The van der Waals surface area contributed by atoms with Gasteiger partial charge in [0.1, 0.15) is 16.6 Å². The van der Waals surface area contributed by atoms with Crippen LogP contribution in [-0.4, -0.2) is 38.8 Å². The molecule has 1 aromatic carbocycles. The number of carbonyl (C=O) groups is 2. The Kier molecular flexibility index (Phi) is 8.40. The molecule has 0 spiro atoms. The molecular weight excluding hydrogens is 438 g/mol. The lowest BCUT2D eigenvalue weighted by Gasteiger charge is -2.00. The molecule has 0 radical (unpaired) electrons. The molecule has 0 saturated carbocycles. The van der Waals surface area contributed by atoms with E-state index in [4.69, 9.17) is 5.53 Å². The third-order valence-electron chi connectivity index (χ3n) is 3.94. The zero-order chi connectivity index (χ0) is 21.9. The third kappa shape index (κ3) is 7.74. The SMILES string of the molecule is [N-]=[N+]=NCC(=O)Nc1nnc(CCCCc2nnc(NC(=O)Cc3ccccc3)s2)s1. The molecule has 160 valence electrons. The van der Waals surface area contributed by atoms with Crippen LogP contribution in [0.4, 0.5) is 10.3 Å². The number of azide groups is 1. The molecule has 3 rings (SSSR count). The van der Waals surface area contributed by atoms with Gasteiger partial charge >= 0.3 is 0 Å². The highest BCUT2D eigenvalue weighted by molar-refractivity contribution is 7.15. The number of aromatic nitrogens is 4. The number of hydrogen-bond acceptors (Lipinski definition) is 9. The summed E-state index contributed by atoms with van der Waals surface area (Å²) in [5, 5.41) is 27.2. The van der Waals surface area contributed by atoms with Crippen molar-refractivity contribution in [3.8, 4) is 0 Å². The zero-order valence-electron chi connectivity index (χ0n) is 16.4. The second-order valence-corrected chi connectivity index (χ2v) is 8.48. The fourth-order valence-corrected chi connectivity index (χ4v) is 4.16. The van der Waals surface area contributed by atoms with Crippen LogP contribution in [0.2, 0.25) is 0 Å². The van der Waals surface area contributed by atoms with Crippen LogP contribution in [0.1, 0.15) is 28.4 Å². The molecule has 2 aromatic heterocycles. The normalized spacial score (nSPS) is 10.3. The number of anilines is 2. The Morgan fingerprint density at radius 2 is 1.48 bits per heavy atom. The standard InChI is InChI=1S/C18H19N9O2S2/c19-27-20-11-14(29)22-18-26-24-16(31-18)9-5-4-8-15-23-25-17(30-15)21-13(28)10-12-6-2-1-3-7-12/h1-3,6-7H,4-5,8-11H2,(H,21,25,28)(H,22,26,29). The molecule has 2 amide bonds. The lowest BCUT2D eigenvalue weighted by atomic mass is 10.1. The van der Waals surface area contributed by atoms with Gasteiger partial charge in [0.15, 0.2) is 0 Å². The van der Waals surface area contributed by atoms with Gasteiger partial charge in [0.2, 0.25) is 22.1 Å². The quantitative estimate of drug-likeness (QED) is 0.194. The Morgan fingerprint density at radius 3 is 2.06 bits per heavy atom. The van der Waals surface area contributed by atoms with Gasteiger partial charge in [-0.05, 0) is 23.9 Å². The molecule has 31 heavy (non-hydrogen) atoms. The summed E-state index contributed by atoms with van der Waals surface area (Å²) in [7, 11) is 0. The van der Waals surface area contributed by atoms with Crippen molar-refractivity contribution >= 4 is 44.8 Å². The Hall–Kier alpha value is -3.41. The Morgan fingerprint density at radius 1 is 0.903 bits per heavy atom. The van der Waals surface area contributed by atoms with E-state index in [-0.39, 0.29) is 12.5 Å². The van der Waals surface area contributed by atoms with Crippen molar-refractivity contribution in [3.63, 3.8) is 0 Å². The smallest absolute Gasteiger partial charge is 0.232 e. The fraction of sp³-hybridized carbons (Fsp3) is 0.333. The van der Waals surface area contributed by atoms with Crippen LogP contribution in [0, 0.1) is 0 Å². The Balaban J connectivity index is 1.36. The van der Waals surface area contributed by atoms with Crippen molar-refractivity contribution in [2.24, 2.45) is 5.11 Å². The van der Waals surface area contributed by atoms with Crippen LogP contribution in [-0.2, 0) is 28.9 Å². The number of nitrogens with zero attached hydrogens (tertiary/aromatic N) is 7. The van der Waals surface area contributed by atoms with E-state index >= 15 is 0 Å². The summed E-state index contributed by atoms with van der Waals surface area (Å²) in [4.78, 5) is 26.1. The van der Waals surface area contributed by atoms with Gasteiger partial charge in [0, 0.05) is 17.8 Å². The maximum Gasteiger partial charge on any atom is 0.232 e. The van der Waals surface area contributed by atoms with Gasteiger partial charge in [-0.15, -0.1) is 20.4 Å². The van der Waals surface area contributed by atoms with E-state index in [9.17, 15) is 9.59 Å². The molecule has 0 unspecified atom stereocenters. The van der Waals surface area contributed by atoms with E-state index < -0.39 is 5.91 Å². The molecule has 11 nitrogen and oxygen atoms in total. The van der Waals surface area contributed by atoms with Gasteiger partial charge in [-0.25, -0.2) is 0 Å². The molecule has 0 aliphatic carbocycles. The molecule has 0 aliphatic rings. The summed E-state index contributed by atoms with van der Waals surface area (Å²) in [6.45, 7) is -0.276. The van der Waals surface area contributed by atoms with Crippen molar-refractivity contribution in [1.82, 2.24) is 20.4 Å². The van der Waals surface area contributed by atoms with Crippen LogP contribution >= 0.6 is 22.7 Å². The highest BCUT2D eigenvalue weighted by Crippen LogP contribution is 2.20. The van der Waals surface area contributed by atoms with Gasteiger partial charge in [0.05, 0.1) is 6.42 Å². The number of amides is 2. The summed E-state index contributed by atoms with van der Waals surface area (Å²) in [5.74, 6) is -0.545. The van der Waals surface area contributed by atoms with E-state index in [1.807, 2.05) is 30.3 Å². The van der Waals surface area contributed by atoms with Crippen LogP contribution in [0.25, 0.3) is 10.4 Å². The van der Waals surface area contributed by atoms with Crippen LogP contribution in [0.5, 0.6) is 0 Å². The predicted octanol–water partition coefficient (Wildman–Crippen LogP) is 3.39. The van der Waals surface area contributed by atoms with Gasteiger partial charge in [-0.2, -0.15) is 0 Å². The maximum absolute atomic E-state index is 12.1. The monoisotopic (exact) mass is 457 g/mol. The first-order chi connectivity index (χ1) is 15.1. The van der Waals surface area contributed by atoms with Gasteiger partial charge in [-0.3, -0.25) is 9.59 Å². The van der Waals surface area contributed by atoms with Crippen molar-refractivity contribution < 1.29 is 9.59 Å². The molecule has 0 atom stereocenters. The Bertz CT molecular complexity index is 1060. The molecule has 0 saturated heterocycles. The first-order valence-corrected chi connectivity index (χ1v) is 11.0. The summed E-state index contributed by atoms with van der Waals surface area (Å²) >= 11 is 2.66. The number of carbonyl (C=O) groups excluding carboxylic acids is 2. The molecule has 0 aliphatic heterocycles. The number of unbranched alkanes of at least 4 members (excludes halogenated alkanes) is 1. The topological polar surface area (TPSA) is 159 Å². The van der Waals surface area contributed by atoms with Gasteiger partial charge in [-0.1, -0.05) is 58.1 Å². The number of hydrogen-bond donors (Lipinski definition) is 2. The minimum Gasteiger partial charge on any atom is -0.300 e. The van der Waals surface area contributed by atoms with Crippen LogP contribution in [0.15, 0.2) is 35.4 Å². The second kappa shape index (κ2) is 11.7. The lowest BCUT2D eigenvalue weighted by molar-refractivity contribution is -0.116. The number of rotatable bonds is 11. The molecule has 13 heteroatoms. The molecular formula is C18H19N9O2S2. The van der Waals surface area contributed by atoms with Crippen molar-refractivity contribution in [1.29, 1.82) is 0 Å². The van der Waals surface area contributed by atoms with Crippen molar-refractivity contribution in [3.05, 3.63) is 56.4 Å². The predicted molar refractivity (Wildman–Crippen MR) is 118 cm³/mol. The van der Waals surface area contributed by atoms with E-state index in [2.05, 4.69) is 41.1 Å². The molecule has 3 aromatic rings. The average Bonchev–Trinajstić information content (AvgIpc) is 3.39. The first-order valence-electron chi connectivity index (χ1n) is 9.41. The number of benzene rings is 1. The van der Waals surface area contributed by atoms with E-state index in [1.54, 1.807) is 0 Å². The molecule has 0 bridgehead atoms. The number of aryl methyl sites for hydroxylation is 2. The van der Waals surface area contributed by atoms with E-state index in [1.165, 1.54) is 22.7 Å². The molecule has 2 heterocycles. The first kappa shape index (κ1) is 22.3. The van der Waals surface area contributed by atoms with Gasteiger partial charge < -0.3 is 10.6 Å².